The van der Waals surface area contributed by atoms with Gasteiger partial charge in [-0.15, -0.1) is 0 Å². The molecule has 96 valence electrons. The SMILES string of the molecule is CCOc1ccc(-c2c(Br)nc(N)n2C)cc1C. The predicted molar refractivity (Wildman–Crippen MR) is 76.7 cm³/mol. The number of rotatable bonds is 3. The van der Waals surface area contributed by atoms with Crippen molar-refractivity contribution in [3.05, 3.63) is 28.4 Å². The fraction of sp³-hybridized carbons (Fsp3) is 0.308. The number of halogens is 1. The molecule has 1 aromatic carbocycles. The van der Waals surface area contributed by atoms with E-state index in [1.165, 1.54) is 0 Å². The lowest BCUT2D eigenvalue weighted by atomic mass is 10.1. The number of nitrogen functional groups attached to an aromatic ring is 1. The Morgan fingerprint density at radius 2 is 2.17 bits per heavy atom. The Kier molecular flexibility index (Phi) is 3.61. The van der Waals surface area contributed by atoms with Crippen LogP contribution in [0.25, 0.3) is 11.3 Å². The van der Waals surface area contributed by atoms with E-state index in [1.54, 1.807) is 0 Å². The van der Waals surface area contributed by atoms with Gasteiger partial charge >= 0.3 is 0 Å². The first-order chi connectivity index (χ1) is 8.54. The first kappa shape index (κ1) is 13.0. The highest BCUT2D eigenvalue weighted by Gasteiger charge is 2.13. The summed E-state index contributed by atoms with van der Waals surface area (Å²) in [5.41, 5.74) is 8.93. The Morgan fingerprint density at radius 3 is 2.67 bits per heavy atom. The molecule has 0 fully saturated rings. The van der Waals surface area contributed by atoms with Crippen LogP contribution in [0.15, 0.2) is 22.8 Å². The second kappa shape index (κ2) is 5.02. The highest BCUT2D eigenvalue weighted by atomic mass is 79.9. The fourth-order valence-corrected chi connectivity index (χ4v) is 2.58. The summed E-state index contributed by atoms with van der Waals surface area (Å²) in [6, 6.07) is 6.06. The number of hydrogen-bond acceptors (Lipinski definition) is 3. The molecule has 0 atom stereocenters. The number of aromatic nitrogens is 2. The molecule has 0 aliphatic rings. The molecule has 2 N–H and O–H groups in total. The zero-order valence-corrected chi connectivity index (χ0v) is 12.3. The van der Waals surface area contributed by atoms with Gasteiger partial charge in [-0.05, 0) is 53.5 Å². The monoisotopic (exact) mass is 309 g/mol. The van der Waals surface area contributed by atoms with Crippen molar-refractivity contribution in [2.75, 3.05) is 12.3 Å². The Labute approximate surface area is 115 Å². The number of hydrogen-bond donors (Lipinski definition) is 1. The standard InChI is InChI=1S/C13H16BrN3O/c1-4-18-10-6-5-9(7-8(10)2)11-12(14)16-13(15)17(11)3/h5-7H,4H2,1-3H3,(H2,15,16). The van der Waals surface area contributed by atoms with Crippen LogP contribution in [0.2, 0.25) is 0 Å². The van der Waals surface area contributed by atoms with Crippen LogP contribution in [-0.4, -0.2) is 16.2 Å². The van der Waals surface area contributed by atoms with Gasteiger partial charge in [0, 0.05) is 12.6 Å². The van der Waals surface area contributed by atoms with Gasteiger partial charge in [-0.1, -0.05) is 0 Å². The van der Waals surface area contributed by atoms with E-state index >= 15 is 0 Å². The first-order valence-corrected chi connectivity index (χ1v) is 6.55. The van der Waals surface area contributed by atoms with Crippen molar-refractivity contribution in [2.45, 2.75) is 13.8 Å². The van der Waals surface area contributed by atoms with Gasteiger partial charge in [-0.2, -0.15) is 0 Å². The maximum Gasteiger partial charge on any atom is 0.201 e. The van der Waals surface area contributed by atoms with Gasteiger partial charge in [0.2, 0.25) is 5.95 Å². The summed E-state index contributed by atoms with van der Waals surface area (Å²) >= 11 is 3.44. The molecule has 0 bridgehead atoms. The molecule has 2 rings (SSSR count). The third-order valence-electron chi connectivity index (χ3n) is 2.84. The summed E-state index contributed by atoms with van der Waals surface area (Å²) in [7, 11) is 1.90. The maximum atomic E-state index is 5.79. The highest BCUT2D eigenvalue weighted by Crippen LogP contribution is 2.32. The number of nitrogens with two attached hydrogens (primary N) is 1. The molecule has 5 heteroatoms. The van der Waals surface area contributed by atoms with Crippen LogP contribution in [0, 0.1) is 6.92 Å². The Balaban J connectivity index is 2.49. The van der Waals surface area contributed by atoms with E-state index in [1.807, 2.05) is 37.6 Å². The van der Waals surface area contributed by atoms with Crippen molar-refractivity contribution < 1.29 is 4.74 Å². The molecule has 0 saturated carbocycles. The molecule has 1 aromatic heterocycles. The van der Waals surface area contributed by atoms with Crippen molar-refractivity contribution in [1.82, 2.24) is 9.55 Å². The summed E-state index contributed by atoms with van der Waals surface area (Å²) in [5.74, 6) is 1.40. The minimum absolute atomic E-state index is 0.489. The number of anilines is 1. The molecule has 0 spiro atoms. The molecular weight excluding hydrogens is 294 g/mol. The van der Waals surface area contributed by atoms with E-state index in [-0.39, 0.29) is 0 Å². The van der Waals surface area contributed by atoms with Gasteiger partial charge in [-0.3, -0.25) is 0 Å². The van der Waals surface area contributed by atoms with E-state index < -0.39 is 0 Å². The zero-order valence-electron chi connectivity index (χ0n) is 10.7. The number of ether oxygens (including phenoxy) is 1. The number of imidazole rings is 1. The third kappa shape index (κ3) is 2.22. The summed E-state index contributed by atoms with van der Waals surface area (Å²) in [6.07, 6.45) is 0. The van der Waals surface area contributed by atoms with Crippen molar-refractivity contribution in [1.29, 1.82) is 0 Å². The minimum atomic E-state index is 0.489. The second-order valence-corrected chi connectivity index (χ2v) is 4.83. The maximum absolute atomic E-state index is 5.79. The van der Waals surface area contributed by atoms with Gasteiger partial charge in [0.15, 0.2) is 0 Å². The van der Waals surface area contributed by atoms with Crippen LogP contribution in [0.4, 0.5) is 5.95 Å². The Morgan fingerprint density at radius 1 is 1.44 bits per heavy atom. The topological polar surface area (TPSA) is 53.1 Å². The number of nitrogens with zero attached hydrogens (tertiary/aromatic N) is 2. The minimum Gasteiger partial charge on any atom is -0.494 e. The molecule has 2 aromatic rings. The van der Waals surface area contributed by atoms with Gasteiger partial charge in [0.1, 0.15) is 10.4 Å². The lowest BCUT2D eigenvalue weighted by Crippen LogP contribution is -1.99. The number of benzene rings is 1. The van der Waals surface area contributed by atoms with Crippen LogP contribution >= 0.6 is 15.9 Å². The second-order valence-electron chi connectivity index (χ2n) is 4.08. The average Bonchev–Trinajstić information content (AvgIpc) is 2.56. The van der Waals surface area contributed by atoms with E-state index in [4.69, 9.17) is 10.5 Å². The largest absolute Gasteiger partial charge is 0.494 e. The summed E-state index contributed by atoms with van der Waals surface area (Å²) in [4.78, 5) is 4.20. The van der Waals surface area contributed by atoms with Gasteiger partial charge < -0.3 is 15.0 Å². The van der Waals surface area contributed by atoms with Crippen LogP contribution in [0.1, 0.15) is 12.5 Å². The Bertz CT molecular complexity index is 578. The molecule has 18 heavy (non-hydrogen) atoms. The van der Waals surface area contributed by atoms with Crippen molar-refractivity contribution >= 4 is 21.9 Å². The molecule has 0 amide bonds. The lowest BCUT2D eigenvalue weighted by Gasteiger charge is -2.10. The van der Waals surface area contributed by atoms with Gasteiger partial charge in [0.25, 0.3) is 0 Å². The normalized spacial score (nSPS) is 10.7. The molecule has 1 heterocycles. The quantitative estimate of drug-likeness (QED) is 0.947. The van der Waals surface area contributed by atoms with Crippen LogP contribution in [-0.2, 0) is 7.05 Å². The molecule has 0 saturated heterocycles. The van der Waals surface area contributed by atoms with Gasteiger partial charge in [0.05, 0.1) is 12.3 Å². The van der Waals surface area contributed by atoms with Gasteiger partial charge in [-0.25, -0.2) is 4.98 Å². The molecule has 0 unspecified atom stereocenters. The smallest absolute Gasteiger partial charge is 0.201 e. The Hall–Kier alpha value is -1.49. The van der Waals surface area contributed by atoms with Crippen LogP contribution in [0.5, 0.6) is 5.75 Å². The van der Waals surface area contributed by atoms with Crippen LogP contribution in [0.3, 0.4) is 0 Å². The summed E-state index contributed by atoms with van der Waals surface area (Å²) < 4.78 is 8.15. The van der Waals surface area contributed by atoms with E-state index in [9.17, 15) is 0 Å². The molecular formula is C13H16BrN3O. The average molecular weight is 310 g/mol. The highest BCUT2D eigenvalue weighted by molar-refractivity contribution is 9.10. The van der Waals surface area contributed by atoms with Crippen molar-refractivity contribution in [2.24, 2.45) is 7.05 Å². The van der Waals surface area contributed by atoms with E-state index in [2.05, 4.69) is 27.0 Å². The third-order valence-corrected chi connectivity index (χ3v) is 3.39. The number of aryl methyl sites for hydroxylation is 1. The van der Waals surface area contributed by atoms with E-state index in [0.717, 1.165) is 27.2 Å². The summed E-state index contributed by atoms with van der Waals surface area (Å²) in [6.45, 7) is 4.68. The molecule has 0 aliphatic heterocycles. The van der Waals surface area contributed by atoms with Crippen molar-refractivity contribution in [3.63, 3.8) is 0 Å². The molecule has 4 nitrogen and oxygen atoms in total. The fourth-order valence-electron chi connectivity index (χ4n) is 1.91. The molecule has 0 aliphatic carbocycles. The lowest BCUT2D eigenvalue weighted by molar-refractivity contribution is 0.338. The summed E-state index contributed by atoms with van der Waals surface area (Å²) in [5, 5.41) is 0. The van der Waals surface area contributed by atoms with Crippen molar-refractivity contribution in [3.8, 4) is 17.0 Å². The zero-order chi connectivity index (χ0) is 13.3. The first-order valence-electron chi connectivity index (χ1n) is 5.76. The van der Waals surface area contributed by atoms with E-state index in [0.29, 0.717) is 12.6 Å². The predicted octanol–water partition coefficient (Wildman–Crippen LogP) is 3.14. The van der Waals surface area contributed by atoms with Crippen LogP contribution < -0.4 is 10.5 Å². The molecule has 0 radical (unpaired) electrons.